The van der Waals surface area contributed by atoms with Crippen molar-refractivity contribution in [2.75, 3.05) is 111 Å². The molecule has 0 bridgehead atoms. The van der Waals surface area contributed by atoms with E-state index in [9.17, 15) is 45.6 Å². The molecular formula is C41H84IN3O10S13. The number of thioether (sulfide) groups is 3. The van der Waals surface area contributed by atoms with E-state index in [0.29, 0.717) is 52.5 Å². The molecule has 1 fully saturated rings. The van der Waals surface area contributed by atoms with Crippen LogP contribution in [0, 0.1) is 0 Å². The van der Waals surface area contributed by atoms with E-state index < -0.39 is 19.7 Å². The highest BCUT2D eigenvalue weighted by molar-refractivity contribution is 14.1. The Morgan fingerprint density at radius 3 is 1.34 bits per heavy atom. The van der Waals surface area contributed by atoms with E-state index in [1.54, 1.807) is 97.9 Å². The summed E-state index contributed by atoms with van der Waals surface area (Å²) in [7, 11) is 4.31. The smallest absolute Gasteiger partial charge is 0.253 e. The molecule has 4 amide bonds. The lowest BCUT2D eigenvalue weighted by Crippen LogP contribution is -2.26. The van der Waals surface area contributed by atoms with E-state index in [0.717, 1.165) is 21.6 Å². The first-order chi connectivity index (χ1) is 31.0. The van der Waals surface area contributed by atoms with E-state index in [4.69, 9.17) is 0 Å². The summed E-state index contributed by atoms with van der Waals surface area (Å²) >= 11 is 20.7. The maximum absolute atomic E-state index is 11.0. The third-order valence-electron chi connectivity index (χ3n) is 5.83. The molecule has 0 aliphatic carbocycles. The van der Waals surface area contributed by atoms with Crippen LogP contribution in [0.25, 0.3) is 0 Å². The number of hydrogen-bond donors (Lipinski definition) is 4. The lowest BCUT2D eigenvalue weighted by molar-refractivity contribution is -0.137. The minimum absolute atomic E-state index is 0. The lowest BCUT2D eigenvalue weighted by Gasteiger charge is -2.04. The number of alkyl halides is 1. The number of nitrogens with zero attached hydrogens (tertiary/aromatic N) is 3. The van der Waals surface area contributed by atoms with Crippen molar-refractivity contribution in [1.82, 2.24) is 14.8 Å². The van der Waals surface area contributed by atoms with Crippen LogP contribution < -0.4 is 0 Å². The summed E-state index contributed by atoms with van der Waals surface area (Å²) in [5.41, 5.74) is 0. The van der Waals surface area contributed by atoms with Crippen LogP contribution in [0.4, 0.5) is 0 Å². The van der Waals surface area contributed by atoms with Crippen LogP contribution in [0.1, 0.15) is 48.0 Å². The van der Waals surface area contributed by atoms with Crippen LogP contribution in [-0.4, -0.2) is 183 Å². The fourth-order valence-electron chi connectivity index (χ4n) is 2.45. The minimum Gasteiger partial charge on any atom is -0.299 e. The molecule has 1 aromatic rings. The molecule has 3 rings (SSSR count). The number of carbonyl (C=O) groups is 6. The van der Waals surface area contributed by atoms with Crippen molar-refractivity contribution in [3.63, 3.8) is 0 Å². The van der Waals surface area contributed by atoms with Crippen LogP contribution in [0.3, 0.4) is 0 Å². The second-order valence-electron chi connectivity index (χ2n) is 10.5. The van der Waals surface area contributed by atoms with Gasteiger partial charge in [0, 0.05) is 75.4 Å². The lowest BCUT2D eigenvalue weighted by atomic mass is 10.4. The van der Waals surface area contributed by atoms with E-state index in [1.807, 2.05) is 57.1 Å². The van der Waals surface area contributed by atoms with Gasteiger partial charge in [0.05, 0.1) is 21.2 Å². The van der Waals surface area contributed by atoms with E-state index in [-0.39, 0.29) is 43.7 Å². The van der Waals surface area contributed by atoms with Crippen molar-refractivity contribution in [3.05, 3.63) is 48.5 Å². The molecule has 0 radical (unpaired) electrons. The van der Waals surface area contributed by atoms with Crippen molar-refractivity contribution in [1.29, 1.82) is 0 Å². The number of imide groups is 2. The highest BCUT2D eigenvalue weighted by Gasteiger charge is 2.35. The summed E-state index contributed by atoms with van der Waals surface area (Å²) in [6.45, 7) is 6.81. The van der Waals surface area contributed by atoms with Gasteiger partial charge in [-0.15, -0.1) is 0 Å². The molecule has 408 valence electrons. The molecule has 13 nitrogen and oxygen atoms in total. The molecule has 3 heterocycles. The fraction of sp³-hybridized carbons (Fsp3) is 0.634. The molecule has 1 unspecified atom stereocenters. The fourth-order valence-corrected chi connectivity index (χ4v) is 7.28. The Hall–Kier alpha value is 0.730. The van der Waals surface area contributed by atoms with Gasteiger partial charge in [-0.05, 0) is 85.5 Å². The average Bonchev–Trinajstić information content (AvgIpc) is 3.77. The van der Waals surface area contributed by atoms with Crippen LogP contribution in [-0.2, 0) is 48.4 Å². The van der Waals surface area contributed by atoms with Crippen molar-refractivity contribution in [2.24, 2.45) is 0 Å². The maximum atomic E-state index is 11.0. The molecule has 68 heavy (non-hydrogen) atoms. The van der Waals surface area contributed by atoms with Gasteiger partial charge in [-0.3, -0.25) is 38.6 Å². The predicted molar refractivity (Wildman–Crippen MR) is 341 cm³/mol. The monoisotopic (exact) mass is 1320 g/mol. The SMILES string of the molecule is C.C.C=CS(C)(=O)=O.CCC(=O)CI.CCC(=O)CSC.CN1C(=O)C=CC1=O.CS.CS.CS.CS.CSC1CC(=O)N(C)C1=O.CSCCS(C)(=O)=O.CSSC.CSSc1ccccn1. The zero-order chi connectivity index (χ0) is 54.3. The van der Waals surface area contributed by atoms with E-state index >= 15 is 0 Å². The summed E-state index contributed by atoms with van der Waals surface area (Å²) in [4.78, 5) is 69.6. The number of pyridine rings is 1. The number of ketones is 2. The van der Waals surface area contributed by atoms with Gasteiger partial charge < -0.3 is 0 Å². The second-order valence-corrected chi connectivity index (χ2v) is 23.5. The first-order valence-electron chi connectivity index (χ1n) is 18.3. The number of carbonyl (C=O) groups excluding carboxylic acids is 6. The number of likely N-dealkylation sites (tertiary alicyclic amines) is 1. The average molecular weight is 1320 g/mol. The Morgan fingerprint density at radius 1 is 0.765 bits per heavy atom. The highest BCUT2D eigenvalue weighted by atomic mass is 127. The standard InChI is InChI=1S/C6H9NO2S.C6H7NS2.C5H5NO2.C5H10OS.C4H7IO.C4H10O2S2.C3H6O2S.C2H6S2.4CH4S.2CH4/c1-7-5(8)3-4(10-2)6(7)9;1-8-9-6-4-2-3-5-7-6;1-6-4(7)2-3-5(6)8;1-3-5(6)4-7-2;1-2-4(6)3-5;1-7-3-4-8(2,5)6;1-3-6(2,4)5;1-3-4-2;4*1-2;;/h4H,3H2,1-2H3;2-5H,1H3;2-3H,1H3;3-4H2,1-2H3;2-3H2,1H3;3-4H2,1-2H3;3H,1H2,2H3;1-2H3;4*2H,1H3;2*1H4. The number of likely N-dealkylation sites (N-methyl/N-ethyl adjacent to an activating group) is 1. The van der Waals surface area contributed by atoms with Gasteiger partial charge in [0.15, 0.2) is 9.84 Å². The van der Waals surface area contributed by atoms with Crippen LogP contribution in [0.5, 0.6) is 0 Å². The quantitative estimate of drug-likeness (QED) is 0.0479. The summed E-state index contributed by atoms with van der Waals surface area (Å²) in [6, 6.07) is 5.91. The van der Waals surface area contributed by atoms with Gasteiger partial charge >= 0.3 is 0 Å². The molecule has 0 N–H and O–H groups in total. The molecule has 1 aromatic heterocycles. The molecule has 27 heteroatoms. The van der Waals surface area contributed by atoms with Gasteiger partial charge in [-0.2, -0.15) is 85.8 Å². The van der Waals surface area contributed by atoms with Crippen molar-refractivity contribution in [3.8, 4) is 0 Å². The molecule has 2 aliphatic heterocycles. The van der Waals surface area contributed by atoms with Gasteiger partial charge in [-0.25, -0.2) is 21.8 Å². The molecule has 1 atom stereocenters. The van der Waals surface area contributed by atoms with E-state index in [2.05, 4.69) is 97.2 Å². The van der Waals surface area contributed by atoms with Gasteiger partial charge in [0.25, 0.3) is 11.8 Å². The van der Waals surface area contributed by atoms with Crippen molar-refractivity contribution < 1.29 is 45.6 Å². The predicted octanol–water partition coefficient (Wildman–Crippen LogP) is 10.5. The number of aromatic nitrogens is 1. The second kappa shape index (κ2) is 72.0. The molecule has 0 aromatic carbocycles. The highest BCUT2D eigenvalue weighted by Crippen LogP contribution is 2.25. The number of Topliss-reactive ketones (excluding diaryl/α,β-unsaturated/α-hetero) is 2. The van der Waals surface area contributed by atoms with Gasteiger partial charge in [0.2, 0.25) is 11.8 Å². The summed E-state index contributed by atoms with van der Waals surface area (Å²) in [5.74, 6) is 1.75. The summed E-state index contributed by atoms with van der Waals surface area (Å²) < 4.78 is 41.2. The number of hydrogen-bond acceptors (Lipinski definition) is 22. The van der Waals surface area contributed by atoms with E-state index in [1.165, 1.54) is 49.2 Å². The molecular weight excluding hydrogens is 1240 g/mol. The number of halogens is 1. The maximum Gasteiger partial charge on any atom is 0.253 e. The Morgan fingerprint density at radius 2 is 1.19 bits per heavy atom. The Labute approximate surface area is 479 Å². The molecule has 1 saturated heterocycles. The zero-order valence-corrected chi connectivity index (χ0v) is 54.1. The van der Waals surface area contributed by atoms with Crippen molar-refractivity contribution >= 4 is 206 Å². The third kappa shape index (κ3) is 78.2. The Kier molecular flexibility index (Phi) is 100. The molecule has 2 aliphatic rings. The number of amides is 4. The zero-order valence-electron chi connectivity index (χ0n) is 41.0. The molecule has 0 saturated carbocycles. The van der Waals surface area contributed by atoms with Crippen LogP contribution in [0.2, 0.25) is 0 Å². The largest absolute Gasteiger partial charge is 0.299 e. The minimum atomic E-state index is -2.90. The normalized spacial score (nSPS) is 12.0. The molecule has 0 spiro atoms. The Bertz CT molecular complexity index is 1550. The third-order valence-corrected chi connectivity index (χ3v) is 13.6. The first kappa shape index (κ1) is 94.6. The topological polar surface area (TPSA) is 190 Å². The Balaban J connectivity index is -0.0000000597. The van der Waals surface area contributed by atoms with Crippen molar-refractivity contribution in [2.45, 2.75) is 58.2 Å². The van der Waals surface area contributed by atoms with Crippen LogP contribution in [0.15, 0.2) is 53.6 Å². The first-order valence-corrected chi connectivity index (χ1v) is 37.1. The number of sulfone groups is 2. The number of thiol groups is 4. The van der Waals surface area contributed by atoms with Gasteiger partial charge in [0.1, 0.15) is 26.4 Å². The number of rotatable bonds is 13. The summed E-state index contributed by atoms with van der Waals surface area (Å²) in [6.07, 6.45) is 27.0. The van der Waals surface area contributed by atoms with Gasteiger partial charge in [-0.1, -0.05) is 96.3 Å². The summed E-state index contributed by atoms with van der Waals surface area (Å²) in [5, 5.41) is 1.86. The van der Waals surface area contributed by atoms with Crippen LogP contribution >= 0.6 is 152 Å².